The predicted molar refractivity (Wildman–Crippen MR) is 133 cm³/mol. The van der Waals surface area contributed by atoms with Gasteiger partial charge in [-0.1, -0.05) is 29.3 Å². The summed E-state index contributed by atoms with van der Waals surface area (Å²) in [4.78, 5) is 28.2. The highest BCUT2D eigenvalue weighted by atomic mass is 35.5. The number of likely N-dealkylation sites (tertiary alicyclic amines) is 2. The summed E-state index contributed by atoms with van der Waals surface area (Å²) in [5, 5.41) is 22.6. The Morgan fingerprint density at radius 3 is 2.33 bits per heavy atom. The Bertz CT molecular complexity index is 1410. The molecule has 1 aromatic carbocycles. The van der Waals surface area contributed by atoms with Gasteiger partial charge in [0.05, 0.1) is 23.1 Å². The van der Waals surface area contributed by atoms with Crippen LogP contribution in [0.4, 0.5) is 17.6 Å². The number of nitrogens with zero attached hydrogens (tertiary/aromatic N) is 3. The molecule has 2 atom stereocenters. The van der Waals surface area contributed by atoms with Crippen molar-refractivity contribution in [2.24, 2.45) is 17.3 Å². The van der Waals surface area contributed by atoms with Gasteiger partial charge < -0.3 is 19.3 Å². The Balaban J connectivity index is 1.35. The first kappa shape index (κ1) is 28.1. The number of benzene rings is 1. The molecule has 5 rings (SSSR count). The van der Waals surface area contributed by atoms with Crippen molar-refractivity contribution < 1.29 is 36.6 Å². The number of nitrogens with one attached hydrogen (secondary N) is 3. The highest BCUT2D eigenvalue weighted by molar-refractivity contribution is 6.42. The van der Waals surface area contributed by atoms with Crippen LogP contribution in [0.15, 0.2) is 24.3 Å². The summed E-state index contributed by atoms with van der Waals surface area (Å²) in [7, 11) is 1.36. The van der Waals surface area contributed by atoms with Gasteiger partial charge in [0.1, 0.15) is 11.6 Å². The molecule has 40 heavy (non-hydrogen) atoms. The topological polar surface area (TPSA) is 135 Å². The van der Waals surface area contributed by atoms with Crippen LogP contribution in [0.2, 0.25) is 10.0 Å². The summed E-state index contributed by atoms with van der Waals surface area (Å²) in [5.74, 6) is -12.9. The molecule has 3 heterocycles. The van der Waals surface area contributed by atoms with Crippen LogP contribution in [0.25, 0.3) is 0 Å². The minimum absolute atomic E-state index is 0.0229. The van der Waals surface area contributed by atoms with Crippen molar-refractivity contribution in [3.63, 3.8) is 0 Å². The van der Waals surface area contributed by atoms with E-state index in [2.05, 4.69) is 10.2 Å². The van der Waals surface area contributed by atoms with Crippen molar-refractivity contribution in [1.82, 2.24) is 20.0 Å². The number of halogens is 6. The number of hydrogen-bond donors (Lipinski definition) is 3. The van der Waals surface area contributed by atoms with Gasteiger partial charge >= 0.3 is 5.92 Å². The first-order valence-corrected chi connectivity index (χ1v) is 12.7. The molecule has 16 heteroatoms. The average Bonchev–Trinajstić information content (AvgIpc) is 3.24. The van der Waals surface area contributed by atoms with Crippen molar-refractivity contribution in [2.75, 3.05) is 33.3 Å². The maximum atomic E-state index is 15.0. The summed E-state index contributed by atoms with van der Waals surface area (Å²) < 4.78 is 67.1. The quantitative estimate of drug-likeness (QED) is 0.260. The molecule has 2 aliphatic heterocycles. The van der Waals surface area contributed by atoms with E-state index in [-0.39, 0.29) is 47.8 Å². The van der Waals surface area contributed by atoms with Crippen LogP contribution in [0.5, 0.6) is 5.88 Å². The maximum absolute atomic E-state index is 15.0. The molecule has 2 aromatic rings. The highest BCUT2D eigenvalue weighted by Crippen LogP contribution is 2.53. The third-order valence-electron chi connectivity index (χ3n) is 7.47. The molecule has 1 aromatic heterocycles. The van der Waals surface area contributed by atoms with Crippen LogP contribution < -0.4 is 4.74 Å². The molecule has 3 aliphatic rings. The largest absolute Gasteiger partial charge is 0.480 e. The van der Waals surface area contributed by atoms with E-state index in [0.717, 1.165) is 18.2 Å². The number of hydrogen-bond acceptors (Lipinski definition) is 7. The van der Waals surface area contributed by atoms with Gasteiger partial charge in [-0.3, -0.25) is 25.5 Å². The van der Waals surface area contributed by atoms with Gasteiger partial charge in [-0.25, -0.2) is 8.78 Å². The number of aromatic amines is 1. The Labute approximate surface area is 234 Å². The molecule has 2 amide bonds. The van der Waals surface area contributed by atoms with Crippen LogP contribution in [-0.2, 0) is 15.5 Å². The van der Waals surface area contributed by atoms with E-state index in [1.165, 1.54) is 23.0 Å². The second kappa shape index (κ2) is 9.61. The fraction of sp³-hybridized carbons (Fsp3) is 0.458. The summed E-state index contributed by atoms with van der Waals surface area (Å²) in [5.41, 5.74) is -1.66. The van der Waals surface area contributed by atoms with Crippen molar-refractivity contribution in [1.29, 1.82) is 10.8 Å². The fourth-order valence-electron chi connectivity index (χ4n) is 5.13. The first-order chi connectivity index (χ1) is 18.7. The van der Waals surface area contributed by atoms with Crippen LogP contribution in [0.1, 0.15) is 22.5 Å². The van der Waals surface area contributed by atoms with E-state index in [1.54, 1.807) is 0 Å². The van der Waals surface area contributed by atoms with E-state index in [1.807, 2.05) is 0 Å². The lowest BCUT2D eigenvalue weighted by atomic mass is 9.71. The van der Waals surface area contributed by atoms with Gasteiger partial charge in [-0.15, -0.1) is 5.10 Å². The zero-order valence-corrected chi connectivity index (χ0v) is 22.3. The van der Waals surface area contributed by atoms with Crippen molar-refractivity contribution in [3.8, 4) is 5.88 Å². The van der Waals surface area contributed by atoms with E-state index < -0.39 is 64.7 Å². The first-order valence-electron chi connectivity index (χ1n) is 11.9. The van der Waals surface area contributed by atoms with Gasteiger partial charge in [0.25, 0.3) is 17.7 Å². The number of aromatic nitrogens is 2. The zero-order valence-electron chi connectivity index (χ0n) is 20.7. The lowest BCUT2D eigenvalue weighted by Gasteiger charge is -2.50. The molecule has 3 N–H and O–H groups in total. The number of carbonyl (C=O) groups is 2. The van der Waals surface area contributed by atoms with Crippen molar-refractivity contribution in [2.45, 2.75) is 18.3 Å². The molecule has 10 nitrogen and oxygen atoms in total. The van der Waals surface area contributed by atoms with Crippen molar-refractivity contribution in [3.05, 3.63) is 45.6 Å². The molecule has 1 aliphatic carbocycles. The van der Waals surface area contributed by atoms with Gasteiger partial charge in [0, 0.05) is 49.6 Å². The van der Waals surface area contributed by atoms with Crippen molar-refractivity contribution >= 4 is 46.8 Å². The normalized spacial score (nSPS) is 22.6. The Kier molecular flexibility index (Phi) is 6.77. The van der Waals surface area contributed by atoms with E-state index in [0.29, 0.717) is 0 Å². The predicted octanol–water partition coefficient (Wildman–Crippen LogP) is 4.04. The molecule has 1 saturated carbocycles. The van der Waals surface area contributed by atoms with Crippen LogP contribution in [0, 0.1) is 28.1 Å². The second-order valence-electron chi connectivity index (χ2n) is 10.1. The molecular formula is C24H22Cl2F4N6O4. The molecule has 1 spiro atoms. The van der Waals surface area contributed by atoms with Crippen LogP contribution in [-0.4, -0.2) is 82.8 Å². The molecular weight excluding hydrogens is 583 g/mol. The summed E-state index contributed by atoms with van der Waals surface area (Å²) >= 11 is 11.6. The Morgan fingerprint density at radius 1 is 1.10 bits per heavy atom. The Morgan fingerprint density at radius 2 is 1.75 bits per heavy atom. The molecule has 0 radical (unpaired) electrons. The monoisotopic (exact) mass is 604 g/mol. The zero-order chi connectivity index (χ0) is 29.2. The smallest absolute Gasteiger partial charge is 0.347 e. The molecule has 0 bridgehead atoms. The second-order valence-corrected chi connectivity index (χ2v) is 10.9. The third-order valence-corrected chi connectivity index (χ3v) is 8.21. The van der Waals surface area contributed by atoms with Crippen LogP contribution in [0.3, 0.4) is 0 Å². The number of methoxy groups -OCH3 is 1. The van der Waals surface area contributed by atoms with Gasteiger partial charge in [-0.2, -0.15) is 8.78 Å². The standard InChI is InChI=1S/C24H22Cl2F4N6O4/c1-39-17-5-16(33-34-17)20(38)35-7-13(22(8-35)9-36(10-22)19(37)12-6-23(12,27)28)18(31)40-21(32)24(29,30)11-2-3-14(25)15(26)4-11/h2-5,12-13,31-32H,6-10H2,1H3,(H,33,34). The van der Waals surface area contributed by atoms with E-state index >= 15 is 8.78 Å². The van der Waals surface area contributed by atoms with Gasteiger partial charge in [0.2, 0.25) is 11.8 Å². The number of rotatable bonds is 6. The average molecular weight is 605 g/mol. The number of H-pyrrole nitrogens is 1. The molecule has 3 fully saturated rings. The summed E-state index contributed by atoms with van der Waals surface area (Å²) in [6, 6.07) is 4.33. The molecule has 2 saturated heterocycles. The van der Waals surface area contributed by atoms with Gasteiger partial charge in [0.15, 0.2) is 5.90 Å². The number of amides is 2. The third kappa shape index (κ3) is 4.76. The SMILES string of the molecule is COc1cc(C(=O)N2CC(C(=N)OC(=N)C(F)(F)c3ccc(Cl)c(Cl)c3)C3(C2)CN(C(=O)C2CC2(F)F)C3)[nH]n1. The van der Waals surface area contributed by atoms with Gasteiger partial charge in [-0.05, 0) is 12.1 Å². The lowest BCUT2D eigenvalue weighted by molar-refractivity contribution is -0.147. The fourth-order valence-corrected chi connectivity index (χ4v) is 5.43. The van der Waals surface area contributed by atoms with Crippen LogP contribution >= 0.6 is 23.2 Å². The molecule has 2 unspecified atom stereocenters. The Hall–Kier alpha value is -3.39. The minimum atomic E-state index is -3.98. The lowest BCUT2D eigenvalue weighted by Crippen LogP contribution is -2.64. The highest BCUT2D eigenvalue weighted by Gasteiger charge is 2.66. The minimum Gasteiger partial charge on any atom is -0.480 e. The van der Waals surface area contributed by atoms with E-state index in [4.69, 9.17) is 43.5 Å². The van der Waals surface area contributed by atoms with E-state index in [9.17, 15) is 18.4 Å². The number of alkyl halides is 4. The maximum Gasteiger partial charge on any atom is 0.347 e. The summed E-state index contributed by atoms with van der Waals surface area (Å²) in [6.07, 6.45) is -0.551. The summed E-state index contributed by atoms with van der Waals surface area (Å²) in [6.45, 7) is -0.389. The number of carbonyl (C=O) groups excluding carboxylic acids is 2. The number of ether oxygens (including phenoxy) is 2. The molecule has 214 valence electrons.